The lowest BCUT2D eigenvalue weighted by molar-refractivity contribution is 0.168. The SMILES string of the molecule is CCOC(=O)Nc1ccc2c(CSc3ccc(S(=O)(=O)N(CC)CC)cn3)cc(=O)oc2c1. The molecule has 9 nitrogen and oxygen atoms in total. The van der Waals surface area contributed by atoms with E-state index in [1.165, 1.54) is 34.4 Å². The Kier molecular flexibility index (Phi) is 8.11. The summed E-state index contributed by atoms with van der Waals surface area (Å²) < 4.78 is 36.7. The number of benzene rings is 1. The highest BCUT2D eigenvalue weighted by Gasteiger charge is 2.21. The maximum Gasteiger partial charge on any atom is 0.411 e. The third-order valence-corrected chi connectivity index (χ3v) is 7.81. The number of nitrogens with one attached hydrogen (secondary N) is 1. The van der Waals surface area contributed by atoms with Gasteiger partial charge in [0, 0.05) is 48.2 Å². The average Bonchev–Trinajstić information content (AvgIpc) is 2.78. The van der Waals surface area contributed by atoms with E-state index in [1.807, 2.05) is 0 Å². The molecule has 0 unspecified atom stereocenters. The number of carbonyl (C=O) groups excluding carboxylic acids is 1. The number of aromatic nitrogens is 1. The Labute approximate surface area is 196 Å². The first-order chi connectivity index (χ1) is 15.8. The van der Waals surface area contributed by atoms with Crippen LogP contribution in [0.2, 0.25) is 0 Å². The van der Waals surface area contributed by atoms with Crippen LogP contribution in [0.1, 0.15) is 26.3 Å². The highest BCUT2D eigenvalue weighted by atomic mass is 32.2. The summed E-state index contributed by atoms with van der Waals surface area (Å²) in [5.41, 5.74) is 0.997. The molecule has 0 fully saturated rings. The van der Waals surface area contributed by atoms with Crippen LogP contribution in [-0.2, 0) is 20.5 Å². The number of thioether (sulfide) groups is 1. The summed E-state index contributed by atoms with van der Waals surface area (Å²) in [6.45, 7) is 6.29. The number of carbonyl (C=O) groups is 1. The molecule has 2 aromatic heterocycles. The van der Waals surface area contributed by atoms with Crippen molar-refractivity contribution in [1.29, 1.82) is 0 Å². The number of rotatable bonds is 9. The van der Waals surface area contributed by atoms with E-state index in [1.54, 1.807) is 45.0 Å². The number of hydrogen-bond acceptors (Lipinski definition) is 8. The van der Waals surface area contributed by atoms with E-state index >= 15 is 0 Å². The van der Waals surface area contributed by atoms with Gasteiger partial charge < -0.3 is 9.15 Å². The summed E-state index contributed by atoms with van der Waals surface area (Å²) in [6.07, 6.45) is 0.754. The maximum absolute atomic E-state index is 12.6. The molecule has 0 radical (unpaired) electrons. The number of hydrogen-bond donors (Lipinski definition) is 1. The van der Waals surface area contributed by atoms with Gasteiger partial charge in [0.05, 0.1) is 11.6 Å². The molecule has 33 heavy (non-hydrogen) atoms. The van der Waals surface area contributed by atoms with Gasteiger partial charge in [0.15, 0.2) is 0 Å². The van der Waals surface area contributed by atoms with Gasteiger partial charge >= 0.3 is 11.7 Å². The molecule has 0 bridgehead atoms. The largest absolute Gasteiger partial charge is 0.450 e. The summed E-state index contributed by atoms with van der Waals surface area (Å²) in [6, 6.07) is 9.60. The van der Waals surface area contributed by atoms with E-state index in [-0.39, 0.29) is 11.5 Å². The lowest BCUT2D eigenvalue weighted by atomic mass is 10.1. The van der Waals surface area contributed by atoms with Gasteiger partial charge in [-0.1, -0.05) is 13.8 Å². The Bertz CT molecular complexity index is 1290. The van der Waals surface area contributed by atoms with Crippen LogP contribution in [0.15, 0.2) is 61.7 Å². The monoisotopic (exact) mass is 491 g/mol. The molecule has 3 rings (SSSR count). The Balaban J connectivity index is 1.78. The van der Waals surface area contributed by atoms with E-state index in [2.05, 4.69) is 10.3 Å². The molecule has 0 atom stereocenters. The van der Waals surface area contributed by atoms with Gasteiger partial charge in [-0.3, -0.25) is 5.32 Å². The van der Waals surface area contributed by atoms with Crippen molar-refractivity contribution in [3.63, 3.8) is 0 Å². The minimum Gasteiger partial charge on any atom is -0.450 e. The standard InChI is InChI=1S/C22H25N3O6S2/c1-4-25(5-2)33(28,29)17-8-10-20(23-13-17)32-14-15-11-21(26)31-19-12-16(7-9-18(15)19)24-22(27)30-6-3/h7-13H,4-6,14H2,1-3H3,(H,24,27). The van der Waals surface area contributed by atoms with Crippen molar-refractivity contribution in [1.82, 2.24) is 9.29 Å². The fourth-order valence-electron chi connectivity index (χ4n) is 3.18. The molecule has 0 saturated heterocycles. The Morgan fingerprint density at radius 1 is 1.15 bits per heavy atom. The van der Waals surface area contributed by atoms with Crippen LogP contribution in [0.5, 0.6) is 0 Å². The summed E-state index contributed by atoms with van der Waals surface area (Å²) in [4.78, 5) is 28.1. The number of amides is 1. The summed E-state index contributed by atoms with van der Waals surface area (Å²) in [5.74, 6) is 0.419. The van der Waals surface area contributed by atoms with E-state index in [0.29, 0.717) is 35.1 Å². The number of ether oxygens (including phenoxy) is 1. The smallest absolute Gasteiger partial charge is 0.411 e. The molecule has 3 aromatic rings. The Morgan fingerprint density at radius 2 is 1.91 bits per heavy atom. The molecule has 1 aromatic carbocycles. The topological polar surface area (TPSA) is 119 Å². The van der Waals surface area contributed by atoms with Gasteiger partial charge in [0.1, 0.15) is 10.5 Å². The van der Waals surface area contributed by atoms with Crippen LogP contribution in [0, 0.1) is 0 Å². The second kappa shape index (κ2) is 10.8. The van der Waals surface area contributed by atoms with Gasteiger partial charge in [0.2, 0.25) is 10.0 Å². The van der Waals surface area contributed by atoms with Crippen LogP contribution >= 0.6 is 11.8 Å². The second-order valence-electron chi connectivity index (χ2n) is 6.86. The van der Waals surface area contributed by atoms with E-state index < -0.39 is 21.7 Å². The zero-order valence-electron chi connectivity index (χ0n) is 18.5. The van der Waals surface area contributed by atoms with Crippen molar-refractivity contribution in [3.05, 3.63) is 58.6 Å². The van der Waals surface area contributed by atoms with Crippen LogP contribution in [0.25, 0.3) is 11.0 Å². The molecule has 176 valence electrons. The van der Waals surface area contributed by atoms with Crippen molar-refractivity contribution in [2.75, 3.05) is 25.0 Å². The molecule has 0 spiro atoms. The van der Waals surface area contributed by atoms with Crippen molar-refractivity contribution in [2.24, 2.45) is 0 Å². The number of fused-ring (bicyclic) bond motifs is 1. The number of sulfonamides is 1. The molecule has 2 heterocycles. The van der Waals surface area contributed by atoms with Crippen molar-refractivity contribution in [2.45, 2.75) is 36.4 Å². The van der Waals surface area contributed by atoms with Gasteiger partial charge in [-0.2, -0.15) is 4.31 Å². The van der Waals surface area contributed by atoms with Crippen LogP contribution < -0.4 is 10.9 Å². The van der Waals surface area contributed by atoms with Crippen LogP contribution in [-0.4, -0.2) is 43.5 Å². The quantitative estimate of drug-likeness (QED) is 0.351. The third-order valence-electron chi connectivity index (χ3n) is 4.78. The fraction of sp³-hybridized carbons (Fsp3) is 0.318. The molecule has 1 N–H and O–H groups in total. The molecular weight excluding hydrogens is 466 g/mol. The van der Waals surface area contributed by atoms with E-state index in [4.69, 9.17) is 9.15 Å². The zero-order chi connectivity index (χ0) is 24.0. The molecule has 0 saturated carbocycles. The van der Waals surface area contributed by atoms with Crippen molar-refractivity contribution >= 4 is 44.5 Å². The molecule has 1 amide bonds. The predicted molar refractivity (Wildman–Crippen MR) is 127 cm³/mol. The fourth-order valence-corrected chi connectivity index (χ4v) is 5.42. The van der Waals surface area contributed by atoms with Gasteiger partial charge in [-0.15, -0.1) is 11.8 Å². The minimum absolute atomic E-state index is 0.142. The number of nitrogens with zero attached hydrogens (tertiary/aromatic N) is 2. The van der Waals surface area contributed by atoms with Gasteiger partial charge in [-0.05, 0) is 36.8 Å². The summed E-state index contributed by atoms with van der Waals surface area (Å²) in [5, 5.41) is 3.91. The maximum atomic E-state index is 12.6. The predicted octanol–water partition coefficient (Wildman–Crippen LogP) is 4.08. The van der Waals surface area contributed by atoms with Crippen LogP contribution in [0.3, 0.4) is 0 Å². The molecular formula is C22H25N3O6S2. The minimum atomic E-state index is -3.57. The molecule has 11 heteroatoms. The Morgan fingerprint density at radius 3 is 2.55 bits per heavy atom. The summed E-state index contributed by atoms with van der Waals surface area (Å²) in [7, 11) is -3.57. The van der Waals surface area contributed by atoms with Gasteiger partial charge in [-0.25, -0.2) is 23.0 Å². The van der Waals surface area contributed by atoms with Crippen LogP contribution in [0.4, 0.5) is 10.5 Å². The first-order valence-electron chi connectivity index (χ1n) is 10.4. The third kappa shape index (κ3) is 5.92. The highest BCUT2D eigenvalue weighted by Crippen LogP contribution is 2.28. The molecule has 0 aliphatic carbocycles. The average molecular weight is 492 g/mol. The number of anilines is 1. The normalized spacial score (nSPS) is 11.6. The number of pyridine rings is 1. The van der Waals surface area contributed by atoms with Gasteiger partial charge in [0.25, 0.3) is 0 Å². The molecule has 0 aliphatic rings. The van der Waals surface area contributed by atoms with Crippen molar-refractivity contribution in [3.8, 4) is 0 Å². The molecule has 0 aliphatic heterocycles. The summed E-state index contributed by atoms with van der Waals surface area (Å²) >= 11 is 1.37. The highest BCUT2D eigenvalue weighted by molar-refractivity contribution is 7.98. The zero-order valence-corrected chi connectivity index (χ0v) is 20.2. The van der Waals surface area contributed by atoms with Crippen molar-refractivity contribution < 1.29 is 22.4 Å². The van der Waals surface area contributed by atoms with E-state index in [0.717, 1.165) is 10.9 Å². The second-order valence-corrected chi connectivity index (χ2v) is 9.79. The lowest BCUT2D eigenvalue weighted by Gasteiger charge is -2.18. The first kappa shape index (κ1) is 24.7. The van der Waals surface area contributed by atoms with E-state index in [9.17, 15) is 18.0 Å². The lowest BCUT2D eigenvalue weighted by Crippen LogP contribution is -2.30. The first-order valence-corrected chi connectivity index (χ1v) is 12.8. The Hall–Kier alpha value is -2.89.